The van der Waals surface area contributed by atoms with Crippen LogP contribution in [0.3, 0.4) is 0 Å². The van der Waals surface area contributed by atoms with Crippen LogP contribution in [0.25, 0.3) is 0 Å². The Balaban J connectivity index is 2.09. The topological polar surface area (TPSA) is 15.3 Å². The highest BCUT2D eigenvalue weighted by atomic mass is 35.5. The molecule has 0 radical (unpaired) electrons. The molecule has 1 aromatic carbocycles. The third-order valence-electron chi connectivity index (χ3n) is 4.21. The fraction of sp³-hybridized carbons (Fsp3) is 0.647. The Morgan fingerprint density at radius 3 is 2.90 bits per heavy atom. The van der Waals surface area contributed by atoms with Crippen molar-refractivity contribution in [2.24, 2.45) is 5.92 Å². The van der Waals surface area contributed by atoms with E-state index in [1.54, 1.807) is 12.1 Å². The second kappa shape index (κ2) is 7.57. The zero-order valence-electron chi connectivity index (χ0n) is 13.2. The molecule has 1 heterocycles. The maximum Gasteiger partial charge on any atom is 0.127 e. The third kappa shape index (κ3) is 4.94. The van der Waals surface area contributed by atoms with Crippen molar-refractivity contribution >= 4 is 11.6 Å². The summed E-state index contributed by atoms with van der Waals surface area (Å²) < 4.78 is 14.0. The third-order valence-corrected chi connectivity index (χ3v) is 4.45. The van der Waals surface area contributed by atoms with Crippen LogP contribution in [0.1, 0.15) is 39.2 Å². The number of nitrogens with zero attached hydrogens (tertiary/aromatic N) is 1. The SMILES string of the molecule is CC(C)CC1CN(Cc2cc(Cl)ccc2F)C(C)CCN1. The Morgan fingerprint density at radius 2 is 2.19 bits per heavy atom. The van der Waals surface area contributed by atoms with E-state index >= 15 is 0 Å². The van der Waals surface area contributed by atoms with E-state index in [0.717, 1.165) is 25.9 Å². The molecule has 2 atom stereocenters. The lowest BCUT2D eigenvalue weighted by atomic mass is 10.0. The molecule has 1 saturated heterocycles. The summed E-state index contributed by atoms with van der Waals surface area (Å²) >= 11 is 6.00. The van der Waals surface area contributed by atoms with Gasteiger partial charge in [0, 0.05) is 35.8 Å². The first-order valence-electron chi connectivity index (χ1n) is 7.87. The molecule has 0 saturated carbocycles. The van der Waals surface area contributed by atoms with Gasteiger partial charge >= 0.3 is 0 Å². The molecule has 21 heavy (non-hydrogen) atoms. The van der Waals surface area contributed by atoms with Crippen molar-refractivity contribution in [2.45, 2.75) is 52.2 Å². The van der Waals surface area contributed by atoms with E-state index in [0.29, 0.717) is 35.1 Å². The minimum atomic E-state index is -0.163. The number of nitrogens with one attached hydrogen (secondary N) is 1. The molecular weight excluding hydrogens is 287 g/mol. The molecule has 1 fully saturated rings. The Morgan fingerprint density at radius 1 is 1.43 bits per heavy atom. The first-order chi connectivity index (χ1) is 9.95. The summed E-state index contributed by atoms with van der Waals surface area (Å²) in [6, 6.07) is 5.75. The summed E-state index contributed by atoms with van der Waals surface area (Å²) in [7, 11) is 0. The Kier molecular flexibility index (Phi) is 6.03. The summed E-state index contributed by atoms with van der Waals surface area (Å²) in [6.45, 7) is 9.35. The minimum Gasteiger partial charge on any atom is -0.313 e. The Bertz CT molecular complexity index is 464. The van der Waals surface area contributed by atoms with Gasteiger partial charge in [0.25, 0.3) is 0 Å². The summed E-state index contributed by atoms with van der Waals surface area (Å²) in [4.78, 5) is 2.38. The molecule has 2 nitrogen and oxygen atoms in total. The summed E-state index contributed by atoms with van der Waals surface area (Å²) in [6.07, 6.45) is 2.25. The highest BCUT2D eigenvalue weighted by molar-refractivity contribution is 6.30. The van der Waals surface area contributed by atoms with E-state index in [1.807, 2.05) is 0 Å². The van der Waals surface area contributed by atoms with Crippen LogP contribution in [0.4, 0.5) is 4.39 Å². The predicted octanol–water partition coefficient (Wildman–Crippen LogP) is 4.08. The van der Waals surface area contributed by atoms with Gasteiger partial charge in [-0.2, -0.15) is 0 Å². The molecule has 0 spiro atoms. The first-order valence-corrected chi connectivity index (χ1v) is 8.25. The van der Waals surface area contributed by atoms with Crippen LogP contribution < -0.4 is 5.32 Å². The van der Waals surface area contributed by atoms with Gasteiger partial charge in [0.05, 0.1) is 0 Å². The van der Waals surface area contributed by atoms with Crippen LogP contribution in [0.15, 0.2) is 18.2 Å². The van der Waals surface area contributed by atoms with E-state index in [-0.39, 0.29) is 5.82 Å². The van der Waals surface area contributed by atoms with Crippen LogP contribution in [-0.4, -0.2) is 30.1 Å². The van der Waals surface area contributed by atoms with E-state index in [9.17, 15) is 4.39 Å². The molecule has 1 aliphatic rings. The van der Waals surface area contributed by atoms with Gasteiger partial charge < -0.3 is 5.32 Å². The first kappa shape index (κ1) is 16.7. The average Bonchev–Trinajstić information content (AvgIpc) is 2.56. The normalized spacial score (nSPS) is 24.3. The fourth-order valence-electron chi connectivity index (χ4n) is 3.04. The van der Waals surface area contributed by atoms with Gasteiger partial charge in [-0.25, -0.2) is 4.39 Å². The summed E-state index contributed by atoms with van der Waals surface area (Å²) in [5.41, 5.74) is 0.694. The van der Waals surface area contributed by atoms with Gasteiger partial charge in [-0.15, -0.1) is 0 Å². The molecule has 2 unspecified atom stereocenters. The molecule has 1 N–H and O–H groups in total. The Hall–Kier alpha value is -0.640. The second-order valence-corrected chi connectivity index (χ2v) is 7.02. The van der Waals surface area contributed by atoms with Crippen molar-refractivity contribution < 1.29 is 4.39 Å². The molecule has 1 aromatic rings. The van der Waals surface area contributed by atoms with Gasteiger partial charge in [0.15, 0.2) is 0 Å². The van der Waals surface area contributed by atoms with E-state index in [4.69, 9.17) is 11.6 Å². The van der Waals surface area contributed by atoms with Crippen molar-refractivity contribution in [3.05, 3.63) is 34.6 Å². The quantitative estimate of drug-likeness (QED) is 0.901. The molecule has 1 aliphatic heterocycles. The van der Waals surface area contributed by atoms with Crippen molar-refractivity contribution in [2.75, 3.05) is 13.1 Å². The lowest BCUT2D eigenvalue weighted by molar-refractivity contribution is 0.187. The number of rotatable bonds is 4. The summed E-state index contributed by atoms with van der Waals surface area (Å²) in [5, 5.41) is 4.23. The highest BCUT2D eigenvalue weighted by Crippen LogP contribution is 2.21. The van der Waals surface area contributed by atoms with E-state index in [2.05, 4.69) is 31.0 Å². The van der Waals surface area contributed by atoms with Crippen molar-refractivity contribution in [1.82, 2.24) is 10.2 Å². The zero-order valence-corrected chi connectivity index (χ0v) is 14.0. The number of benzene rings is 1. The molecule has 0 aliphatic carbocycles. The lowest BCUT2D eigenvalue weighted by Gasteiger charge is -2.30. The lowest BCUT2D eigenvalue weighted by Crippen LogP contribution is -2.40. The van der Waals surface area contributed by atoms with Gasteiger partial charge in [0.2, 0.25) is 0 Å². The van der Waals surface area contributed by atoms with Crippen LogP contribution in [0, 0.1) is 11.7 Å². The molecule has 2 rings (SSSR count). The van der Waals surface area contributed by atoms with Crippen LogP contribution in [0.2, 0.25) is 5.02 Å². The Labute approximate surface area is 132 Å². The number of hydrogen-bond acceptors (Lipinski definition) is 2. The predicted molar refractivity (Wildman–Crippen MR) is 87.1 cm³/mol. The van der Waals surface area contributed by atoms with Crippen molar-refractivity contribution in [3.8, 4) is 0 Å². The molecule has 118 valence electrons. The van der Waals surface area contributed by atoms with Gasteiger partial charge in [-0.1, -0.05) is 25.4 Å². The number of hydrogen-bond donors (Lipinski definition) is 1. The van der Waals surface area contributed by atoms with Crippen LogP contribution in [0.5, 0.6) is 0 Å². The number of halogens is 2. The molecule has 0 aromatic heterocycles. The standard InChI is InChI=1S/C17H26ClFN2/c1-12(2)8-16-11-21(13(3)6-7-20-16)10-14-9-15(18)4-5-17(14)19/h4-5,9,12-13,16,20H,6-8,10-11H2,1-3H3. The summed E-state index contributed by atoms with van der Waals surface area (Å²) in [5.74, 6) is 0.505. The molecule has 0 bridgehead atoms. The molecular formula is C17H26ClFN2. The van der Waals surface area contributed by atoms with Crippen LogP contribution in [-0.2, 0) is 6.54 Å². The minimum absolute atomic E-state index is 0.163. The van der Waals surface area contributed by atoms with Crippen molar-refractivity contribution in [3.63, 3.8) is 0 Å². The van der Waals surface area contributed by atoms with E-state index < -0.39 is 0 Å². The maximum atomic E-state index is 14.0. The molecule has 0 amide bonds. The van der Waals surface area contributed by atoms with Gasteiger partial charge in [0.1, 0.15) is 5.82 Å². The van der Waals surface area contributed by atoms with Crippen molar-refractivity contribution in [1.29, 1.82) is 0 Å². The smallest absolute Gasteiger partial charge is 0.127 e. The van der Waals surface area contributed by atoms with Crippen LogP contribution >= 0.6 is 11.6 Å². The average molecular weight is 313 g/mol. The van der Waals surface area contributed by atoms with E-state index in [1.165, 1.54) is 6.07 Å². The highest BCUT2D eigenvalue weighted by Gasteiger charge is 2.24. The molecule has 4 heteroatoms. The van der Waals surface area contributed by atoms with Gasteiger partial charge in [-0.3, -0.25) is 4.90 Å². The largest absolute Gasteiger partial charge is 0.313 e. The zero-order chi connectivity index (χ0) is 15.4. The maximum absolute atomic E-state index is 14.0. The monoisotopic (exact) mass is 312 g/mol. The van der Waals surface area contributed by atoms with Gasteiger partial charge in [-0.05, 0) is 50.4 Å². The second-order valence-electron chi connectivity index (χ2n) is 6.58. The fourth-order valence-corrected chi connectivity index (χ4v) is 3.23.